The number of rotatable bonds is 11. The summed E-state index contributed by atoms with van der Waals surface area (Å²) in [6.45, 7) is 4.63. The molecule has 3 N–H and O–H groups in total. The number of aliphatic carboxylic acids is 1. The van der Waals surface area contributed by atoms with Crippen molar-refractivity contribution in [1.82, 2.24) is 0 Å². The monoisotopic (exact) mass is 319 g/mol. The van der Waals surface area contributed by atoms with Crippen molar-refractivity contribution in [2.24, 2.45) is 5.73 Å². The Morgan fingerprint density at radius 1 is 1.26 bits per heavy atom. The second-order valence-electron chi connectivity index (χ2n) is 6.27. The summed E-state index contributed by atoms with van der Waals surface area (Å²) in [5.74, 6) is 0.00502. The van der Waals surface area contributed by atoms with Crippen LogP contribution in [0.3, 0.4) is 0 Å². The number of aryl methyl sites for hydroxylation is 1. The molecule has 0 saturated carbocycles. The average molecular weight is 319 g/mol. The maximum absolute atomic E-state index is 10.8. The molecule has 0 spiro atoms. The van der Waals surface area contributed by atoms with E-state index in [1.54, 1.807) is 6.92 Å². The largest absolute Gasteiger partial charge is 0.493 e. The molecule has 0 aliphatic carbocycles. The van der Waals surface area contributed by atoms with E-state index in [1.165, 1.54) is 6.42 Å². The van der Waals surface area contributed by atoms with Gasteiger partial charge in [0.15, 0.2) is 0 Å². The Kier molecular flexibility index (Phi) is 8.41. The van der Waals surface area contributed by atoms with Crippen LogP contribution in [-0.2, 0) is 11.2 Å². The summed E-state index contributed by atoms with van der Waals surface area (Å²) in [6.07, 6.45) is 8.95. The molecule has 4 nitrogen and oxygen atoms in total. The summed E-state index contributed by atoms with van der Waals surface area (Å²) in [4.78, 5) is 10.8. The lowest BCUT2D eigenvalue weighted by Gasteiger charge is -2.22. The topological polar surface area (TPSA) is 72.5 Å². The lowest BCUT2D eigenvalue weighted by atomic mass is 9.91. The zero-order valence-corrected chi connectivity index (χ0v) is 14.3. The van der Waals surface area contributed by atoms with E-state index >= 15 is 0 Å². The minimum absolute atomic E-state index is 0.0141. The standard InChI is InChI=1S/C19H29NO3/c1-3-4-5-6-7-14-23-17-10-8-16(9-11-17)12-13-19(2,20)15-18(21)22/h5-6,8-11H,3-4,7,12-15,20H2,1-2H3,(H,21,22)/b6-5+/t19-/m1/s1. The van der Waals surface area contributed by atoms with Gasteiger partial charge in [-0.25, -0.2) is 0 Å². The van der Waals surface area contributed by atoms with Crippen LogP contribution in [0.15, 0.2) is 36.4 Å². The summed E-state index contributed by atoms with van der Waals surface area (Å²) >= 11 is 0. The number of unbranched alkanes of at least 4 members (excludes halogenated alkanes) is 1. The van der Waals surface area contributed by atoms with Crippen LogP contribution in [0.5, 0.6) is 5.75 Å². The molecule has 1 aromatic carbocycles. The van der Waals surface area contributed by atoms with Crippen LogP contribution in [0.25, 0.3) is 0 Å². The number of carboxylic acid groups (broad SMARTS) is 1. The first kappa shape index (κ1) is 19.2. The fourth-order valence-corrected chi connectivity index (χ4v) is 2.26. The summed E-state index contributed by atoms with van der Waals surface area (Å²) in [7, 11) is 0. The van der Waals surface area contributed by atoms with Gasteiger partial charge in [0.05, 0.1) is 13.0 Å². The van der Waals surface area contributed by atoms with Crippen molar-refractivity contribution in [2.75, 3.05) is 6.61 Å². The van der Waals surface area contributed by atoms with Gasteiger partial charge < -0.3 is 15.6 Å². The van der Waals surface area contributed by atoms with Gasteiger partial charge in [0.1, 0.15) is 5.75 Å². The van der Waals surface area contributed by atoms with Crippen molar-refractivity contribution < 1.29 is 14.6 Å². The number of benzene rings is 1. The lowest BCUT2D eigenvalue weighted by molar-refractivity contribution is -0.138. The Hall–Kier alpha value is -1.81. The smallest absolute Gasteiger partial charge is 0.305 e. The first-order valence-electron chi connectivity index (χ1n) is 8.30. The minimum Gasteiger partial charge on any atom is -0.493 e. The zero-order chi connectivity index (χ0) is 17.1. The van der Waals surface area contributed by atoms with Gasteiger partial charge in [-0.2, -0.15) is 0 Å². The fraction of sp³-hybridized carbons (Fsp3) is 0.526. The van der Waals surface area contributed by atoms with Gasteiger partial charge in [-0.05, 0) is 50.3 Å². The SMILES string of the molecule is CCC/C=C/CCOc1ccc(CC[C@@](C)(N)CC(=O)O)cc1. The Balaban J connectivity index is 2.34. The van der Waals surface area contributed by atoms with Gasteiger partial charge in [0.2, 0.25) is 0 Å². The fourth-order valence-electron chi connectivity index (χ4n) is 2.26. The molecule has 1 rings (SSSR count). The van der Waals surface area contributed by atoms with Crippen molar-refractivity contribution >= 4 is 5.97 Å². The molecular formula is C19H29NO3. The Bertz CT molecular complexity index is 492. The van der Waals surface area contributed by atoms with E-state index in [9.17, 15) is 4.79 Å². The highest BCUT2D eigenvalue weighted by Gasteiger charge is 2.21. The predicted octanol–water partition coefficient (Wildman–Crippen LogP) is 3.94. The molecule has 0 aromatic heterocycles. The minimum atomic E-state index is -0.855. The molecule has 0 aliphatic rings. The van der Waals surface area contributed by atoms with E-state index in [-0.39, 0.29) is 6.42 Å². The van der Waals surface area contributed by atoms with Gasteiger partial charge >= 0.3 is 5.97 Å². The molecule has 0 saturated heterocycles. The molecular weight excluding hydrogens is 290 g/mol. The molecule has 1 atom stereocenters. The van der Waals surface area contributed by atoms with Gasteiger partial charge in [-0.3, -0.25) is 4.79 Å². The third kappa shape index (κ3) is 9.04. The summed E-state index contributed by atoms with van der Waals surface area (Å²) in [5.41, 5.74) is 6.47. The third-order valence-corrected chi connectivity index (χ3v) is 3.64. The number of carboxylic acids is 1. The Morgan fingerprint density at radius 3 is 2.52 bits per heavy atom. The first-order valence-corrected chi connectivity index (χ1v) is 8.30. The molecule has 0 fully saturated rings. The molecule has 0 heterocycles. The van der Waals surface area contributed by atoms with Gasteiger partial charge in [0.25, 0.3) is 0 Å². The van der Waals surface area contributed by atoms with E-state index in [1.807, 2.05) is 24.3 Å². The van der Waals surface area contributed by atoms with Crippen LogP contribution in [0.4, 0.5) is 0 Å². The number of nitrogens with two attached hydrogens (primary N) is 1. The molecule has 0 radical (unpaired) electrons. The highest BCUT2D eigenvalue weighted by molar-refractivity contribution is 5.68. The summed E-state index contributed by atoms with van der Waals surface area (Å²) in [5, 5.41) is 8.83. The van der Waals surface area contributed by atoms with E-state index in [0.29, 0.717) is 13.0 Å². The van der Waals surface area contributed by atoms with Crippen molar-refractivity contribution in [3.8, 4) is 5.75 Å². The molecule has 1 aromatic rings. The molecule has 4 heteroatoms. The van der Waals surface area contributed by atoms with Crippen LogP contribution in [0, 0.1) is 0 Å². The zero-order valence-electron chi connectivity index (χ0n) is 14.3. The highest BCUT2D eigenvalue weighted by Crippen LogP contribution is 2.18. The lowest BCUT2D eigenvalue weighted by Crippen LogP contribution is -2.38. The van der Waals surface area contributed by atoms with Crippen LogP contribution >= 0.6 is 0 Å². The number of ether oxygens (including phenoxy) is 1. The average Bonchev–Trinajstić information content (AvgIpc) is 2.49. The number of carbonyl (C=O) groups is 1. The molecule has 0 bridgehead atoms. The Morgan fingerprint density at radius 2 is 1.91 bits per heavy atom. The summed E-state index contributed by atoms with van der Waals surface area (Å²) < 4.78 is 5.69. The van der Waals surface area contributed by atoms with E-state index in [4.69, 9.17) is 15.6 Å². The molecule has 0 aliphatic heterocycles. The summed E-state index contributed by atoms with van der Waals surface area (Å²) in [6, 6.07) is 7.94. The number of allylic oxidation sites excluding steroid dienone is 1. The van der Waals surface area contributed by atoms with Gasteiger partial charge in [0, 0.05) is 5.54 Å². The van der Waals surface area contributed by atoms with Gasteiger partial charge in [-0.15, -0.1) is 0 Å². The van der Waals surface area contributed by atoms with Crippen molar-refractivity contribution in [3.63, 3.8) is 0 Å². The van der Waals surface area contributed by atoms with E-state index < -0.39 is 11.5 Å². The van der Waals surface area contributed by atoms with Crippen LogP contribution in [0.2, 0.25) is 0 Å². The third-order valence-electron chi connectivity index (χ3n) is 3.64. The maximum atomic E-state index is 10.8. The predicted molar refractivity (Wildman–Crippen MR) is 93.8 cm³/mol. The van der Waals surface area contributed by atoms with Crippen LogP contribution in [0.1, 0.15) is 51.5 Å². The van der Waals surface area contributed by atoms with Crippen molar-refractivity contribution in [2.45, 2.75) is 57.9 Å². The van der Waals surface area contributed by atoms with E-state index in [0.717, 1.165) is 30.6 Å². The molecule has 0 unspecified atom stereocenters. The molecule has 128 valence electrons. The number of hydrogen-bond acceptors (Lipinski definition) is 3. The quantitative estimate of drug-likeness (QED) is 0.479. The molecule has 23 heavy (non-hydrogen) atoms. The highest BCUT2D eigenvalue weighted by atomic mass is 16.5. The number of hydrogen-bond donors (Lipinski definition) is 2. The Labute approximate surface area is 139 Å². The van der Waals surface area contributed by atoms with Crippen LogP contribution < -0.4 is 10.5 Å². The second-order valence-corrected chi connectivity index (χ2v) is 6.27. The second kappa shape index (κ2) is 10.1. The van der Waals surface area contributed by atoms with Gasteiger partial charge in [-0.1, -0.05) is 37.6 Å². The van der Waals surface area contributed by atoms with Crippen molar-refractivity contribution in [1.29, 1.82) is 0 Å². The van der Waals surface area contributed by atoms with E-state index in [2.05, 4.69) is 19.1 Å². The van der Waals surface area contributed by atoms with Crippen LogP contribution in [-0.4, -0.2) is 23.2 Å². The molecule has 0 amide bonds. The first-order chi connectivity index (χ1) is 10.9. The normalized spacial score (nSPS) is 13.9. The maximum Gasteiger partial charge on any atom is 0.305 e. The van der Waals surface area contributed by atoms with Crippen molar-refractivity contribution in [3.05, 3.63) is 42.0 Å².